The summed E-state index contributed by atoms with van der Waals surface area (Å²) in [5.41, 5.74) is 2.62. The molecule has 3 unspecified atom stereocenters. The summed E-state index contributed by atoms with van der Waals surface area (Å²) < 4.78 is 0. The standard InChI is InChI=1S/C18H24BrNO/c19-11-14-7-3-8-15(14)12-20-18(21)17-10-4-6-13-5-1-2-9-16(13)17/h1-2,5,9,14-15,17H,3-4,6-8,10-12H2,(H,20,21). The van der Waals surface area contributed by atoms with Crippen molar-refractivity contribution in [3.63, 3.8) is 0 Å². The minimum atomic E-state index is 0.0683. The first-order chi connectivity index (χ1) is 10.3. The second kappa shape index (κ2) is 6.95. The van der Waals surface area contributed by atoms with Crippen LogP contribution in [0.25, 0.3) is 0 Å². The van der Waals surface area contributed by atoms with Crippen molar-refractivity contribution in [2.45, 2.75) is 44.4 Å². The lowest BCUT2D eigenvalue weighted by Gasteiger charge is -2.26. The minimum absolute atomic E-state index is 0.0683. The lowest BCUT2D eigenvalue weighted by molar-refractivity contribution is -0.123. The van der Waals surface area contributed by atoms with Crippen LogP contribution in [-0.4, -0.2) is 17.8 Å². The van der Waals surface area contributed by atoms with Crippen LogP contribution in [0.5, 0.6) is 0 Å². The number of hydrogen-bond donors (Lipinski definition) is 1. The van der Waals surface area contributed by atoms with Crippen molar-refractivity contribution in [3.05, 3.63) is 35.4 Å². The molecule has 1 amide bonds. The fraction of sp³-hybridized carbons (Fsp3) is 0.611. The third-order valence-corrected chi connectivity index (χ3v) is 6.07. The zero-order valence-electron chi connectivity index (χ0n) is 12.5. The van der Waals surface area contributed by atoms with Crippen LogP contribution >= 0.6 is 15.9 Å². The van der Waals surface area contributed by atoms with E-state index in [-0.39, 0.29) is 11.8 Å². The van der Waals surface area contributed by atoms with Gasteiger partial charge in [0.15, 0.2) is 0 Å². The summed E-state index contributed by atoms with van der Waals surface area (Å²) in [5.74, 6) is 1.71. The van der Waals surface area contributed by atoms with E-state index in [0.717, 1.165) is 37.1 Å². The predicted molar refractivity (Wildman–Crippen MR) is 89.8 cm³/mol. The molecule has 2 aliphatic rings. The van der Waals surface area contributed by atoms with E-state index in [0.29, 0.717) is 5.92 Å². The molecule has 0 bridgehead atoms. The Morgan fingerprint density at radius 3 is 2.81 bits per heavy atom. The van der Waals surface area contributed by atoms with Gasteiger partial charge in [0.1, 0.15) is 0 Å². The number of nitrogens with one attached hydrogen (secondary N) is 1. The van der Waals surface area contributed by atoms with Crippen molar-refractivity contribution in [2.24, 2.45) is 11.8 Å². The summed E-state index contributed by atoms with van der Waals surface area (Å²) in [6, 6.07) is 8.45. The van der Waals surface area contributed by atoms with Gasteiger partial charge in [-0.2, -0.15) is 0 Å². The molecule has 21 heavy (non-hydrogen) atoms. The van der Waals surface area contributed by atoms with Crippen molar-refractivity contribution in [1.82, 2.24) is 5.32 Å². The number of alkyl halides is 1. The van der Waals surface area contributed by atoms with E-state index in [9.17, 15) is 4.79 Å². The average Bonchev–Trinajstić information content (AvgIpc) is 2.99. The predicted octanol–water partition coefficient (Wildman–Crippen LogP) is 4.03. The first-order valence-electron chi connectivity index (χ1n) is 8.21. The Kier molecular flexibility index (Phi) is 4.99. The number of rotatable bonds is 4. The molecule has 0 aromatic heterocycles. The number of amides is 1. The Bertz CT molecular complexity index is 502. The molecule has 0 aliphatic heterocycles. The number of aryl methyl sites for hydroxylation is 1. The molecule has 114 valence electrons. The highest BCUT2D eigenvalue weighted by Crippen LogP contribution is 2.34. The quantitative estimate of drug-likeness (QED) is 0.816. The Morgan fingerprint density at radius 1 is 1.14 bits per heavy atom. The summed E-state index contributed by atoms with van der Waals surface area (Å²) in [6.07, 6.45) is 7.12. The monoisotopic (exact) mass is 349 g/mol. The summed E-state index contributed by atoms with van der Waals surface area (Å²) >= 11 is 3.61. The van der Waals surface area contributed by atoms with E-state index in [1.165, 1.54) is 30.4 Å². The lowest BCUT2D eigenvalue weighted by atomic mass is 9.82. The molecule has 0 radical (unpaired) electrons. The van der Waals surface area contributed by atoms with Crippen LogP contribution in [0.4, 0.5) is 0 Å². The summed E-state index contributed by atoms with van der Waals surface area (Å²) in [5, 5.41) is 4.31. The van der Waals surface area contributed by atoms with Gasteiger partial charge in [-0.3, -0.25) is 4.79 Å². The smallest absolute Gasteiger partial charge is 0.227 e. The molecule has 3 heteroatoms. The number of benzene rings is 1. The van der Waals surface area contributed by atoms with Gasteiger partial charge in [-0.25, -0.2) is 0 Å². The highest BCUT2D eigenvalue weighted by atomic mass is 79.9. The zero-order chi connectivity index (χ0) is 14.7. The molecule has 1 aromatic rings. The minimum Gasteiger partial charge on any atom is -0.355 e. The summed E-state index contributed by atoms with van der Waals surface area (Å²) in [4.78, 5) is 12.6. The van der Waals surface area contributed by atoms with Gasteiger partial charge in [-0.05, 0) is 55.1 Å². The Morgan fingerprint density at radius 2 is 1.95 bits per heavy atom. The molecule has 0 saturated heterocycles. The van der Waals surface area contributed by atoms with E-state index in [1.54, 1.807) is 0 Å². The molecule has 3 rings (SSSR count). The Balaban J connectivity index is 1.61. The zero-order valence-corrected chi connectivity index (χ0v) is 14.1. The third-order valence-electron chi connectivity index (χ3n) is 5.24. The molecule has 1 N–H and O–H groups in total. The molecule has 1 saturated carbocycles. The van der Waals surface area contributed by atoms with Gasteiger partial charge in [-0.15, -0.1) is 0 Å². The van der Waals surface area contributed by atoms with Gasteiger partial charge in [0.25, 0.3) is 0 Å². The molecule has 1 aromatic carbocycles. The van der Waals surface area contributed by atoms with Crippen LogP contribution in [0.1, 0.15) is 49.1 Å². The van der Waals surface area contributed by atoms with Crippen LogP contribution in [0, 0.1) is 11.8 Å². The second-order valence-electron chi connectivity index (χ2n) is 6.49. The highest BCUT2D eigenvalue weighted by molar-refractivity contribution is 9.09. The molecule has 0 heterocycles. The Hall–Kier alpha value is -0.830. The molecule has 2 aliphatic carbocycles. The molecular weight excluding hydrogens is 326 g/mol. The molecular formula is C18H24BrNO. The Labute approximate surface area is 135 Å². The average molecular weight is 350 g/mol. The van der Waals surface area contributed by atoms with Crippen molar-refractivity contribution in [2.75, 3.05) is 11.9 Å². The van der Waals surface area contributed by atoms with Crippen molar-refractivity contribution < 1.29 is 4.79 Å². The maximum absolute atomic E-state index is 12.6. The van der Waals surface area contributed by atoms with Crippen LogP contribution in [0.3, 0.4) is 0 Å². The number of carbonyl (C=O) groups excluding carboxylic acids is 1. The molecule has 0 spiro atoms. The van der Waals surface area contributed by atoms with E-state index in [2.05, 4.69) is 45.5 Å². The van der Waals surface area contributed by atoms with Crippen LogP contribution in [0.2, 0.25) is 0 Å². The fourth-order valence-electron chi connectivity index (χ4n) is 3.97. The van der Waals surface area contributed by atoms with Crippen molar-refractivity contribution in [1.29, 1.82) is 0 Å². The van der Waals surface area contributed by atoms with Crippen molar-refractivity contribution >= 4 is 21.8 Å². The van der Waals surface area contributed by atoms with Gasteiger partial charge in [0.05, 0.1) is 5.92 Å². The molecule has 1 fully saturated rings. The normalized spacial score (nSPS) is 28.1. The fourth-order valence-corrected chi connectivity index (χ4v) is 4.82. The number of halogens is 1. The molecule has 3 atom stereocenters. The van der Waals surface area contributed by atoms with E-state index >= 15 is 0 Å². The summed E-state index contributed by atoms with van der Waals surface area (Å²) in [6.45, 7) is 0.855. The highest BCUT2D eigenvalue weighted by Gasteiger charge is 2.29. The maximum Gasteiger partial charge on any atom is 0.227 e. The molecule has 2 nitrogen and oxygen atoms in total. The number of hydrogen-bond acceptors (Lipinski definition) is 1. The lowest BCUT2D eigenvalue weighted by Crippen LogP contribution is -2.35. The number of carbonyl (C=O) groups is 1. The maximum atomic E-state index is 12.6. The summed E-state index contributed by atoms with van der Waals surface area (Å²) in [7, 11) is 0. The van der Waals surface area contributed by atoms with Crippen LogP contribution < -0.4 is 5.32 Å². The van der Waals surface area contributed by atoms with Gasteiger partial charge < -0.3 is 5.32 Å². The van der Waals surface area contributed by atoms with Crippen LogP contribution in [0.15, 0.2) is 24.3 Å². The SMILES string of the molecule is O=C(NCC1CCCC1CBr)C1CCCc2ccccc21. The first-order valence-corrected chi connectivity index (χ1v) is 9.33. The third kappa shape index (κ3) is 3.33. The van der Waals surface area contributed by atoms with E-state index in [4.69, 9.17) is 0 Å². The van der Waals surface area contributed by atoms with E-state index in [1.807, 2.05) is 0 Å². The number of fused-ring (bicyclic) bond motifs is 1. The van der Waals surface area contributed by atoms with E-state index < -0.39 is 0 Å². The topological polar surface area (TPSA) is 29.1 Å². The first kappa shape index (κ1) is 15.1. The largest absolute Gasteiger partial charge is 0.355 e. The van der Waals surface area contributed by atoms with Gasteiger partial charge >= 0.3 is 0 Å². The second-order valence-corrected chi connectivity index (χ2v) is 7.14. The van der Waals surface area contributed by atoms with Gasteiger partial charge in [-0.1, -0.05) is 46.6 Å². The van der Waals surface area contributed by atoms with Crippen LogP contribution in [-0.2, 0) is 11.2 Å². The van der Waals surface area contributed by atoms with Gasteiger partial charge in [0.2, 0.25) is 5.91 Å². The van der Waals surface area contributed by atoms with Gasteiger partial charge in [0, 0.05) is 11.9 Å². The van der Waals surface area contributed by atoms with Crippen molar-refractivity contribution in [3.8, 4) is 0 Å².